The van der Waals surface area contributed by atoms with E-state index in [9.17, 15) is 0 Å². The van der Waals surface area contributed by atoms with Crippen LogP contribution in [0, 0.1) is 5.92 Å². The molecule has 0 atom stereocenters. The summed E-state index contributed by atoms with van der Waals surface area (Å²) < 4.78 is 10.4. The Labute approximate surface area is 74.9 Å². The van der Waals surface area contributed by atoms with Gasteiger partial charge >= 0.3 is 0 Å². The fourth-order valence-electron chi connectivity index (χ4n) is 0.680. The van der Waals surface area contributed by atoms with Crippen LogP contribution in [0.15, 0.2) is 24.7 Å². The maximum Gasteiger partial charge on any atom is 0.0931 e. The lowest BCUT2D eigenvalue weighted by atomic mass is 10.2. The molecule has 0 saturated carbocycles. The van der Waals surface area contributed by atoms with Crippen LogP contribution < -0.4 is 0 Å². The minimum atomic E-state index is 0.428. The minimum absolute atomic E-state index is 0.428. The Kier molecular flexibility index (Phi) is 7.55. The number of rotatable bonds is 6. The Morgan fingerprint density at radius 1 is 1.00 bits per heavy atom. The van der Waals surface area contributed by atoms with Gasteiger partial charge in [-0.25, -0.2) is 0 Å². The summed E-state index contributed by atoms with van der Waals surface area (Å²) in [4.78, 5) is 0. The molecule has 0 aliphatic carbocycles. The Morgan fingerprint density at radius 2 is 1.42 bits per heavy atom. The van der Waals surface area contributed by atoms with Crippen LogP contribution in [0.4, 0.5) is 0 Å². The van der Waals surface area contributed by atoms with Gasteiger partial charge in [0.25, 0.3) is 0 Å². The first-order valence-electron chi connectivity index (χ1n) is 4.26. The van der Waals surface area contributed by atoms with Gasteiger partial charge in [-0.15, -0.1) is 0 Å². The summed E-state index contributed by atoms with van der Waals surface area (Å²) in [7, 11) is 0. The average molecular weight is 170 g/mol. The van der Waals surface area contributed by atoms with Crippen molar-refractivity contribution in [3.63, 3.8) is 0 Å². The van der Waals surface area contributed by atoms with Crippen LogP contribution >= 0.6 is 0 Å². The van der Waals surface area contributed by atoms with Gasteiger partial charge in [0.15, 0.2) is 0 Å². The highest BCUT2D eigenvalue weighted by molar-refractivity contribution is 4.68. The molecule has 0 aromatic carbocycles. The molecule has 0 saturated heterocycles. The zero-order valence-electron chi connectivity index (χ0n) is 8.12. The van der Waals surface area contributed by atoms with Crippen molar-refractivity contribution in [2.75, 3.05) is 13.2 Å². The van der Waals surface area contributed by atoms with Crippen molar-refractivity contribution in [3.8, 4) is 0 Å². The molecule has 0 unspecified atom stereocenters. The molecule has 2 nitrogen and oxygen atoms in total. The highest BCUT2D eigenvalue weighted by atomic mass is 16.5. The van der Waals surface area contributed by atoms with E-state index in [1.807, 2.05) is 26.0 Å². The Hall–Kier alpha value is -0.920. The van der Waals surface area contributed by atoms with Crippen LogP contribution in [0.5, 0.6) is 0 Å². The Bertz CT molecular complexity index is 123. The summed E-state index contributed by atoms with van der Waals surface area (Å²) in [5.41, 5.74) is 0. The van der Waals surface area contributed by atoms with Gasteiger partial charge in [-0.05, 0) is 13.8 Å². The van der Waals surface area contributed by atoms with E-state index >= 15 is 0 Å². The first-order chi connectivity index (χ1) is 5.81. The monoisotopic (exact) mass is 170 g/mol. The molecule has 2 heteroatoms. The predicted octanol–water partition coefficient (Wildman–Crippen LogP) is 2.72. The van der Waals surface area contributed by atoms with Crippen LogP contribution in [0.1, 0.15) is 20.8 Å². The summed E-state index contributed by atoms with van der Waals surface area (Å²) in [6.45, 7) is 7.37. The molecule has 0 fully saturated rings. The SMILES string of the molecule is CC=COCC(C)COC=CC. The lowest BCUT2D eigenvalue weighted by molar-refractivity contribution is 0.132. The molecule has 0 aromatic heterocycles. The van der Waals surface area contributed by atoms with Crippen molar-refractivity contribution in [2.24, 2.45) is 5.92 Å². The quantitative estimate of drug-likeness (QED) is 0.571. The second kappa shape index (κ2) is 8.18. The van der Waals surface area contributed by atoms with Crippen molar-refractivity contribution in [2.45, 2.75) is 20.8 Å². The third kappa shape index (κ3) is 7.19. The molecule has 0 radical (unpaired) electrons. The van der Waals surface area contributed by atoms with Gasteiger partial charge < -0.3 is 9.47 Å². The predicted molar refractivity (Wildman–Crippen MR) is 50.7 cm³/mol. The standard InChI is InChI=1S/C10H18O2/c1-4-6-11-8-10(3)9-12-7-5-2/h4-7,10H,8-9H2,1-3H3. The fraction of sp³-hybridized carbons (Fsp3) is 0.600. The molecular weight excluding hydrogens is 152 g/mol. The molecule has 0 bridgehead atoms. The average Bonchev–Trinajstić information content (AvgIpc) is 2.06. The van der Waals surface area contributed by atoms with Crippen molar-refractivity contribution in [1.82, 2.24) is 0 Å². The zero-order valence-corrected chi connectivity index (χ0v) is 8.12. The lowest BCUT2D eigenvalue weighted by Crippen LogP contribution is -2.09. The Morgan fingerprint density at radius 3 is 1.75 bits per heavy atom. The van der Waals surface area contributed by atoms with Gasteiger partial charge in [-0.1, -0.05) is 19.1 Å². The van der Waals surface area contributed by atoms with Crippen molar-refractivity contribution < 1.29 is 9.47 Å². The fourth-order valence-corrected chi connectivity index (χ4v) is 0.680. The van der Waals surface area contributed by atoms with Gasteiger partial charge in [0.05, 0.1) is 25.7 Å². The summed E-state index contributed by atoms with van der Waals surface area (Å²) in [6, 6.07) is 0. The molecular formula is C10H18O2. The van der Waals surface area contributed by atoms with Crippen LogP contribution in [0.3, 0.4) is 0 Å². The number of ether oxygens (including phenoxy) is 2. The van der Waals surface area contributed by atoms with Crippen LogP contribution in [-0.4, -0.2) is 13.2 Å². The molecule has 70 valence electrons. The molecule has 0 aliphatic rings. The smallest absolute Gasteiger partial charge is 0.0931 e. The maximum atomic E-state index is 5.19. The molecule has 0 amide bonds. The number of hydrogen-bond donors (Lipinski definition) is 0. The first kappa shape index (κ1) is 11.1. The first-order valence-corrected chi connectivity index (χ1v) is 4.26. The van der Waals surface area contributed by atoms with Crippen molar-refractivity contribution in [1.29, 1.82) is 0 Å². The molecule has 0 N–H and O–H groups in total. The van der Waals surface area contributed by atoms with E-state index in [1.165, 1.54) is 0 Å². The summed E-state index contributed by atoms with van der Waals surface area (Å²) in [5.74, 6) is 0.428. The second-order valence-corrected chi connectivity index (χ2v) is 2.71. The van der Waals surface area contributed by atoms with Crippen molar-refractivity contribution in [3.05, 3.63) is 24.7 Å². The number of allylic oxidation sites excluding steroid dienone is 2. The van der Waals surface area contributed by atoms with E-state index in [4.69, 9.17) is 9.47 Å². The van der Waals surface area contributed by atoms with E-state index < -0.39 is 0 Å². The molecule has 0 aliphatic heterocycles. The zero-order chi connectivity index (χ0) is 9.23. The largest absolute Gasteiger partial charge is 0.501 e. The van der Waals surface area contributed by atoms with Gasteiger partial charge in [0, 0.05) is 5.92 Å². The van der Waals surface area contributed by atoms with Gasteiger partial charge in [0.1, 0.15) is 0 Å². The molecule has 0 spiro atoms. The summed E-state index contributed by atoms with van der Waals surface area (Å²) in [6.07, 6.45) is 7.15. The number of hydrogen-bond acceptors (Lipinski definition) is 2. The highest BCUT2D eigenvalue weighted by Crippen LogP contribution is 1.97. The van der Waals surface area contributed by atoms with E-state index in [-0.39, 0.29) is 0 Å². The maximum absolute atomic E-state index is 5.19. The second-order valence-electron chi connectivity index (χ2n) is 2.71. The highest BCUT2D eigenvalue weighted by Gasteiger charge is 1.99. The third-order valence-electron chi connectivity index (χ3n) is 1.23. The van der Waals surface area contributed by atoms with Crippen LogP contribution in [0.2, 0.25) is 0 Å². The Balaban J connectivity index is 3.26. The third-order valence-corrected chi connectivity index (χ3v) is 1.23. The van der Waals surface area contributed by atoms with Crippen LogP contribution in [-0.2, 0) is 9.47 Å². The topological polar surface area (TPSA) is 18.5 Å². The molecule has 0 rings (SSSR count). The molecule has 0 heterocycles. The van der Waals surface area contributed by atoms with E-state index in [1.54, 1.807) is 12.5 Å². The van der Waals surface area contributed by atoms with Gasteiger partial charge in [0.2, 0.25) is 0 Å². The van der Waals surface area contributed by atoms with Crippen molar-refractivity contribution >= 4 is 0 Å². The van der Waals surface area contributed by atoms with E-state index in [0.717, 1.165) is 0 Å². The van der Waals surface area contributed by atoms with Gasteiger partial charge in [-0.3, -0.25) is 0 Å². The van der Waals surface area contributed by atoms with E-state index in [0.29, 0.717) is 19.1 Å². The molecule has 12 heavy (non-hydrogen) atoms. The minimum Gasteiger partial charge on any atom is -0.501 e. The normalized spacial score (nSPS) is 13.9. The summed E-state index contributed by atoms with van der Waals surface area (Å²) in [5, 5.41) is 0. The lowest BCUT2D eigenvalue weighted by Gasteiger charge is -2.09. The molecule has 0 aromatic rings. The van der Waals surface area contributed by atoms with E-state index in [2.05, 4.69) is 6.92 Å². The summed E-state index contributed by atoms with van der Waals surface area (Å²) >= 11 is 0. The van der Waals surface area contributed by atoms with Crippen LogP contribution in [0.25, 0.3) is 0 Å². The van der Waals surface area contributed by atoms with Gasteiger partial charge in [-0.2, -0.15) is 0 Å².